The minimum absolute atomic E-state index is 0.717. The van der Waals surface area contributed by atoms with E-state index in [0.29, 0.717) is 6.04 Å². The lowest BCUT2D eigenvalue weighted by Crippen LogP contribution is -2.42. The molecule has 1 aliphatic carbocycles. The molecular weight excluding hydrogens is 172 g/mol. The van der Waals surface area contributed by atoms with Gasteiger partial charge in [0.2, 0.25) is 0 Å². The second kappa shape index (κ2) is 6.41. The second-order valence-corrected chi connectivity index (χ2v) is 4.52. The van der Waals surface area contributed by atoms with E-state index in [4.69, 9.17) is 0 Å². The Kier molecular flexibility index (Phi) is 5.49. The molecule has 1 unspecified atom stereocenters. The summed E-state index contributed by atoms with van der Waals surface area (Å²) < 4.78 is 0. The third-order valence-electron chi connectivity index (χ3n) is 2.93. The predicted octanol–water partition coefficient (Wildman–Crippen LogP) is 2.25. The van der Waals surface area contributed by atoms with Crippen LogP contribution in [-0.2, 0) is 0 Å². The first-order valence-electron chi connectivity index (χ1n) is 6.26. The Bertz CT molecular complexity index is 143. The Morgan fingerprint density at radius 2 is 2.00 bits per heavy atom. The zero-order valence-corrected chi connectivity index (χ0v) is 10.1. The van der Waals surface area contributed by atoms with Gasteiger partial charge in [-0.25, -0.2) is 0 Å². The van der Waals surface area contributed by atoms with Crippen LogP contribution in [0.25, 0.3) is 0 Å². The van der Waals surface area contributed by atoms with Crippen molar-refractivity contribution >= 4 is 0 Å². The van der Waals surface area contributed by atoms with E-state index in [-0.39, 0.29) is 0 Å². The Hall–Kier alpha value is -0.0800. The Labute approximate surface area is 89.1 Å². The molecule has 14 heavy (non-hydrogen) atoms. The molecule has 0 heterocycles. The molecule has 1 rings (SSSR count). The average Bonchev–Trinajstić information content (AvgIpc) is 2.98. The van der Waals surface area contributed by atoms with E-state index in [1.807, 2.05) is 0 Å². The molecule has 0 bridgehead atoms. The van der Waals surface area contributed by atoms with Crippen molar-refractivity contribution in [3.8, 4) is 0 Å². The van der Waals surface area contributed by atoms with Crippen LogP contribution >= 0.6 is 0 Å². The van der Waals surface area contributed by atoms with Gasteiger partial charge in [-0.3, -0.25) is 4.90 Å². The molecule has 2 heteroatoms. The largest absolute Gasteiger partial charge is 0.315 e. The fraction of sp³-hybridized carbons (Fsp3) is 1.00. The van der Waals surface area contributed by atoms with Gasteiger partial charge in [-0.05, 0) is 45.7 Å². The molecule has 1 fully saturated rings. The highest BCUT2D eigenvalue weighted by Gasteiger charge is 2.30. The van der Waals surface area contributed by atoms with Crippen molar-refractivity contribution in [1.29, 1.82) is 0 Å². The Morgan fingerprint density at radius 3 is 2.50 bits per heavy atom. The van der Waals surface area contributed by atoms with Crippen LogP contribution < -0.4 is 5.32 Å². The first kappa shape index (κ1) is 12.0. The molecule has 1 aliphatic rings. The number of hydrogen-bond donors (Lipinski definition) is 1. The lowest BCUT2D eigenvalue weighted by atomic mass is 10.2. The van der Waals surface area contributed by atoms with E-state index < -0.39 is 0 Å². The number of hydrogen-bond acceptors (Lipinski definition) is 2. The molecule has 0 aromatic heterocycles. The molecule has 1 N–H and O–H groups in total. The predicted molar refractivity (Wildman–Crippen MR) is 62.6 cm³/mol. The molecule has 0 radical (unpaired) electrons. The quantitative estimate of drug-likeness (QED) is 0.602. The van der Waals surface area contributed by atoms with Gasteiger partial charge in [0.25, 0.3) is 0 Å². The van der Waals surface area contributed by atoms with Gasteiger partial charge in [-0.1, -0.05) is 13.8 Å². The maximum Gasteiger partial charge on any atom is 0.0195 e. The van der Waals surface area contributed by atoms with Gasteiger partial charge < -0.3 is 5.32 Å². The van der Waals surface area contributed by atoms with E-state index in [9.17, 15) is 0 Å². The van der Waals surface area contributed by atoms with Gasteiger partial charge in [0, 0.05) is 18.6 Å². The van der Waals surface area contributed by atoms with Gasteiger partial charge in [0.1, 0.15) is 0 Å². The summed E-state index contributed by atoms with van der Waals surface area (Å²) in [5.41, 5.74) is 0. The minimum atomic E-state index is 0.717. The van der Waals surface area contributed by atoms with Crippen LogP contribution in [0.5, 0.6) is 0 Å². The summed E-state index contributed by atoms with van der Waals surface area (Å²) in [5.74, 6) is 0. The van der Waals surface area contributed by atoms with Crippen molar-refractivity contribution < 1.29 is 0 Å². The summed E-state index contributed by atoms with van der Waals surface area (Å²) in [6, 6.07) is 1.63. The zero-order valence-electron chi connectivity index (χ0n) is 10.1. The van der Waals surface area contributed by atoms with E-state index in [1.165, 1.54) is 32.2 Å². The van der Waals surface area contributed by atoms with E-state index in [1.54, 1.807) is 0 Å². The van der Waals surface area contributed by atoms with Crippen molar-refractivity contribution in [2.75, 3.05) is 19.6 Å². The fourth-order valence-corrected chi connectivity index (χ4v) is 2.03. The summed E-state index contributed by atoms with van der Waals surface area (Å²) in [5, 5.41) is 3.51. The topological polar surface area (TPSA) is 15.3 Å². The van der Waals surface area contributed by atoms with Crippen LogP contribution in [0.1, 0.15) is 46.5 Å². The van der Waals surface area contributed by atoms with Crippen LogP contribution in [0.2, 0.25) is 0 Å². The van der Waals surface area contributed by atoms with Gasteiger partial charge in [-0.15, -0.1) is 0 Å². The molecule has 84 valence electrons. The van der Waals surface area contributed by atoms with Crippen molar-refractivity contribution in [3.05, 3.63) is 0 Å². The molecule has 0 aromatic carbocycles. The Balaban J connectivity index is 2.19. The SMILES string of the molecule is CCCNCC(C)N(CCC)C1CC1. The molecule has 0 aromatic rings. The minimum Gasteiger partial charge on any atom is -0.315 e. The standard InChI is InChI=1S/C12H26N2/c1-4-8-13-10-11(3)14(9-5-2)12-6-7-12/h11-13H,4-10H2,1-3H3. The van der Waals surface area contributed by atoms with Gasteiger partial charge in [0.05, 0.1) is 0 Å². The van der Waals surface area contributed by atoms with Crippen LogP contribution in [0.4, 0.5) is 0 Å². The lowest BCUT2D eigenvalue weighted by molar-refractivity contribution is 0.194. The molecule has 0 amide bonds. The highest BCUT2D eigenvalue weighted by Crippen LogP contribution is 2.28. The van der Waals surface area contributed by atoms with E-state index in [0.717, 1.165) is 19.1 Å². The highest BCUT2D eigenvalue weighted by atomic mass is 15.2. The average molecular weight is 198 g/mol. The van der Waals surface area contributed by atoms with Gasteiger partial charge >= 0.3 is 0 Å². The zero-order chi connectivity index (χ0) is 10.4. The van der Waals surface area contributed by atoms with Crippen LogP contribution in [0, 0.1) is 0 Å². The Morgan fingerprint density at radius 1 is 1.29 bits per heavy atom. The summed E-state index contributed by atoms with van der Waals surface area (Å²) in [6.45, 7) is 10.5. The first-order valence-corrected chi connectivity index (χ1v) is 6.26. The second-order valence-electron chi connectivity index (χ2n) is 4.52. The number of rotatable bonds is 8. The summed E-state index contributed by atoms with van der Waals surface area (Å²) in [4.78, 5) is 2.68. The molecule has 1 atom stereocenters. The van der Waals surface area contributed by atoms with E-state index in [2.05, 4.69) is 31.0 Å². The van der Waals surface area contributed by atoms with E-state index >= 15 is 0 Å². The third kappa shape index (κ3) is 3.97. The van der Waals surface area contributed by atoms with Crippen molar-refractivity contribution in [2.24, 2.45) is 0 Å². The molecule has 0 aliphatic heterocycles. The molecule has 2 nitrogen and oxygen atoms in total. The van der Waals surface area contributed by atoms with Gasteiger partial charge in [0.15, 0.2) is 0 Å². The summed E-state index contributed by atoms with van der Waals surface area (Å²) in [7, 11) is 0. The maximum absolute atomic E-state index is 3.51. The molecule has 1 saturated carbocycles. The highest BCUT2D eigenvalue weighted by molar-refractivity contribution is 4.87. The lowest BCUT2D eigenvalue weighted by Gasteiger charge is -2.29. The van der Waals surface area contributed by atoms with Gasteiger partial charge in [-0.2, -0.15) is 0 Å². The van der Waals surface area contributed by atoms with Crippen LogP contribution in [-0.4, -0.2) is 36.6 Å². The molecular formula is C12H26N2. The maximum atomic E-state index is 3.51. The smallest absolute Gasteiger partial charge is 0.0195 e. The monoisotopic (exact) mass is 198 g/mol. The molecule has 0 spiro atoms. The normalized spacial score (nSPS) is 18.9. The van der Waals surface area contributed by atoms with Crippen molar-refractivity contribution in [2.45, 2.75) is 58.5 Å². The van der Waals surface area contributed by atoms with Crippen molar-refractivity contribution in [3.63, 3.8) is 0 Å². The summed E-state index contributed by atoms with van der Waals surface area (Å²) in [6.07, 6.45) is 5.38. The van der Waals surface area contributed by atoms with Crippen LogP contribution in [0.3, 0.4) is 0 Å². The van der Waals surface area contributed by atoms with Crippen molar-refractivity contribution in [1.82, 2.24) is 10.2 Å². The fourth-order valence-electron chi connectivity index (χ4n) is 2.03. The summed E-state index contributed by atoms with van der Waals surface area (Å²) >= 11 is 0. The first-order chi connectivity index (χ1) is 6.79. The molecule has 0 saturated heterocycles. The number of nitrogens with zero attached hydrogens (tertiary/aromatic N) is 1. The van der Waals surface area contributed by atoms with Crippen LogP contribution in [0.15, 0.2) is 0 Å². The third-order valence-corrected chi connectivity index (χ3v) is 2.93. The number of nitrogens with one attached hydrogen (secondary N) is 1.